The van der Waals surface area contributed by atoms with Crippen LogP contribution in [0.1, 0.15) is 48.4 Å². The zero-order valence-corrected chi connectivity index (χ0v) is 20.1. The van der Waals surface area contributed by atoms with E-state index >= 15 is 0 Å². The number of rotatable bonds is 6. The zero-order valence-electron chi connectivity index (χ0n) is 20.1. The van der Waals surface area contributed by atoms with E-state index < -0.39 is 5.41 Å². The Morgan fingerprint density at radius 2 is 1.47 bits per heavy atom. The molecule has 1 fully saturated rings. The van der Waals surface area contributed by atoms with E-state index in [-0.39, 0.29) is 11.9 Å². The molecule has 5 rings (SSSR count). The van der Waals surface area contributed by atoms with Crippen LogP contribution in [-0.2, 0) is 14.9 Å². The molecule has 0 aliphatic heterocycles. The third kappa shape index (κ3) is 4.64. The Balaban J connectivity index is 1.28. The van der Waals surface area contributed by atoms with Gasteiger partial charge in [-0.2, -0.15) is 4.98 Å². The number of carbonyl (C=O) groups excluding carboxylic acids is 2. The van der Waals surface area contributed by atoms with Gasteiger partial charge in [-0.15, -0.1) is 0 Å². The number of nitrogens with one attached hydrogen (secondary N) is 1. The van der Waals surface area contributed by atoms with Crippen molar-refractivity contribution >= 4 is 17.6 Å². The van der Waals surface area contributed by atoms with E-state index in [2.05, 4.69) is 15.5 Å². The highest BCUT2D eigenvalue weighted by atomic mass is 16.5. The summed E-state index contributed by atoms with van der Waals surface area (Å²) in [5.74, 6) is 0.128. The maximum Gasteiger partial charge on any atom is 0.321 e. The minimum absolute atomic E-state index is 0.213. The van der Waals surface area contributed by atoms with Gasteiger partial charge in [0.1, 0.15) is 5.41 Å². The number of amides is 1. The quantitative estimate of drug-likeness (QED) is 0.338. The zero-order chi connectivity index (χ0) is 25.0. The first-order valence-electron chi connectivity index (χ1n) is 12.1. The SMILES string of the molecule is COC(=O)C1(c2nc(-c3ccc(C(=O)Nc4ccc(-c5ccccc5)cc4)cc3)no2)CCCCC1. The third-order valence-corrected chi connectivity index (χ3v) is 6.77. The molecule has 3 aromatic carbocycles. The van der Waals surface area contributed by atoms with Gasteiger partial charge in [-0.3, -0.25) is 9.59 Å². The molecular weight excluding hydrogens is 454 g/mol. The summed E-state index contributed by atoms with van der Waals surface area (Å²) in [6.07, 6.45) is 4.15. The van der Waals surface area contributed by atoms with Crippen molar-refractivity contribution in [1.82, 2.24) is 10.1 Å². The van der Waals surface area contributed by atoms with Gasteiger partial charge in [0, 0.05) is 16.8 Å². The Morgan fingerprint density at radius 3 is 2.14 bits per heavy atom. The molecule has 182 valence electrons. The largest absolute Gasteiger partial charge is 0.468 e. The predicted octanol–water partition coefficient (Wildman–Crippen LogP) is 6.03. The van der Waals surface area contributed by atoms with Crippen LogP contribution in [0, 0.1) is 0 Å². The normalized spacial score (nSPS) is 14.7. The molecule has 1 aromatic heterocycles. The van der Waals surface area contributed by atoms with Crippen molar-refractivity contribution in [3.63, 3.8) is 0 Å². The molecule has 7 nitrogen and oxygen atoms in total. The number of methoxy groups -OCH3 is 1. The number of carbonyl (C=O) groups is 2. The third-order valence-electron chi connectivity index (χ3n) is 6.77. The van der Waals surface area contributed by atoms with Gasteiger partial charge in [0.05, 0.1) is 7.11 Å². The van der Waals surface area contributed by atoms with Crippen LogP contribution in [0.2, 0.25) is 0 Å². The molecule has 1 aliphatic rings. The molecule has 1 N–H and O–H groups in total. The first kappa shape index (κ1) is 23.5. The van der Waals surface area contributed by atoms with Crippen LogP contribution >= 0.6 is 0 Å². The van der Waals surface area contributed by atoms with Gasteiger partial charge in [-0.25, -0.2) is 0 Å². The maximum atomic E-state index is 12.8. The fraction of sp³-hybridized carbons (Fsp3) is 0.241. The molecule has 1 heterocycles. The Labute approximate surface area is 209 Å². The molecule has 0 radical (unpaired) electrons. The van der Waals surface area contributed by atoms with Gasteiger partial charge in [0.2, 0.25) is 11.7 Å². The molecule has 0 saturated heterocycles. The van der Waals surface area contributed by atoms with Crippen LogP contribution in [0.5, 0.6) is 0 Å². The molecule has 1 aliphatic carbocycles. The Hall–Kier alpha value is -4.26. The molecule has 0 atom stereocenters. The van der Waals surface area contributed by atoms with Gasteiger partial charge >= 0.3 is 5.97 Å². The number of ether oxygens (including phenoxy) is 1. The number of hydrogen-bond donors (Lipinski definition) is 1. The second kappa shape index (κ2) is 10.2. The monoisotopic (exact) mass is 481 g/mol. The molecule has 36 heavy (non-hydrogen) atoms. The predicted molar refractivity (Wildman–Crippen MR) is 136 cm³/mol. The summed E-state index contributed by atoms with van der Waals surface area (Å²) in [4.78, 5) is 29.9. The molecule has 7 heteroatoms. The van der Waals surface area contributed by atoms with Crippen LogP contribution in [0.25, 0.3) is 22.5 Å². The van der Waals surface area contributed by atoms with Crippen LogP contribution in [0.15, 0.2) is 83.4 Å². The fourth-order valence-corrected chi connectivity index (χ4v) is 4.74. The van der Waals surface area contributed by atoms with Crippen LogP contribution in [0.3, 0.4) is 0 Å². The van der Waals surface area contributed by atoms with Crippen molar-refractivity contribution in [3.05, 3.63) is 90.3 Å². The summed E-state index contributed by atoms with van der Waals surface area (Å²) < 4.78 is 10.6. The van der Waals surface area contributed by atoms with Gasteiger partial charge in [-0.1, -0.05) is 79.0 Å². The highest BCUT2D eigenvalue weighted by molar-refractivity contribution is 6.04. The van der Waals surface area contributed by atoms with Crippen LogP contribution in [-0.4, -0.2) is 29.1 Å². The summed E-state index contributed by atoms with van der Waals surface area (Å²) in [5.41, 5.74) is 3.25. The van der Waals surface area contributed by atoms with Crippen molar-refractivity contribution in [2.75, 3.05) is 12.4 Å². The van der Waals surface area contributed by atoms with Crippen LogP contribution in [0.4, 0.5) is 5.69 Å². The Kier molecular flexibility index (Phi) is 6.62. The second-order valence-corrected chi connectivity index (χ2v) is 9.03. The van der Waals surface area contributed by atoms with E-state index in [1.807, 2.05) is 54.6 Å². The number of aromatic nitrogens is 2. The number of hydrogen-bond acceptors (Lipinski definition) is 6. The van der Waals surface area contributed by atoms with Crippen molar-refractivity contribution in [1.29, 1.82) is 0 Å². The lowest BCUT2D eigenvalue weighted by atomic mass is 9.74. The molecule has 0 bridgehead atoms. The average Bonchev–Trinajstić information content (AvgIpc) is 3.45. The Bertz CT molecular complexity index is 1340. The minimum Gasteiger partial charge on any atom is -0.468 e. The van der Waals surface area contributed by atoms with Gasteiger partial charge in [0.25, 0.3) is 5.91 Å². The number of benzene rings is 3. The van der Waals surface area contributed by atoms with E-state index in [4.69, 9.17) is 9.26 Å². The maximum absolute atomic E-state index is 12.8. The summed E-state index contributed by atoms with van der Waals surface area (Å²) in [6, 6.07) is 24.8. The van der Waals surface area contributed by atoms with Crippen molar-refractivity contribution in [3.8, 4) is 22.5 Å². The van der Waals surface area contributed by atoms with Crippen molar-refractivity contribution < 1.29 is 18.8 Å². The molecule has 1 saturated carbocycles. The standard InChI is InChI=1S/C29H27N3O4/c1-35-28(34)29(18-6-3-7-19-29)27-31-25(32-36-27)22-10-12-23(13-11-22)26(33)30-24-16-14-21(15-17-24)20-8-4-2-5-9-20/h2,4-5,8-17H,3,6-7,18-19H2,1H3,(H,30,33). The van der Waals surface area contributed by atoms with Gasteiger partial charge in [0.15, 0.2) is 0 Å². The van der Waals surface area contributed by atoms with E-state index in [1.165, 1.54) is 7.11 Å². The number of nitrogens with zero attached hydrogens (tertiary/aromatic N) is 2. The first-order chi connectivity index (χ1) is 17.6. The molecule has 0 unspecified atom stereocenters. The number of esters is 1. The lowest BCUT2D eigenvalue weighted by Crippen LogP contribution is -2.39. The molecule has 1 amide bonds. The molecule has 4 aromatic rings. The molecular formula is C29H27N3O4. The highest BCUT2D eigenvalue weighted by Gasteiger charge is 2.47. The van der Waals surface area contributed by atoms with E-state index in [0.29, 0.717) is 41.4 Å². The highest BCUT2D eigenvalue weighted by Crippen LogP contribution is 2.40. The smallest absolute Gasteiger partial charge is 0.321 e. The van der Waals surface area contributed by atoms with Crippen LogP contribution < -0.4 is 5.32 Å². The minimum atomic E-state index is -0.881. The Morgan fingerprint density at radius 1 is 0.833 bits per heavy atom. The lowest BCUT2D eigenvalue weighted by Gasteiger charge is -2.30. The van der Waals surface area contributed by atoms with Crippen molar-refractivity contribution in [2.45, 2.75) is 37.5 Å². The molecule has 0 spiro atoms. The van der Waals surface area contributed by atoms with Crippen molar-refractivity contribution in [2.24, 2.45) is 0 Å². The van der Waals surface area contributed by atoms with Gasteiger partial charge < -0.3 is 14.6 Å². The van der Waals surface area contributed by atoms with E-state index in [0.717, 1.165) is 30.4 Å². The topological polar surface area (TPSA) is 94.3 Å². The average molecular weight is 482 g/mol. The lowest BCUT2D eigenvalue weighted by molar-refractivity contribution is -0.150. The fourth-order valence-electron chi connectivity index (χ4n) is 4.74. The summed E-state index contributed by atoms with van der Waals surface area (Å²) in [5, 5.41) is 7.03. The second-order valence-electron chi connectivity index (χ2n) is 9.03. The summed E-state index contributed by atoms with van der Waals surface area (Å²) in [7, 11) is 1.39. The first-order valence-corrected chi connectivity index (χ1v) is 12.1. The summed E-state index contributed by atoms with van der Waals surface area (Å²) >= 11 is 0. The van der Waals surface area contributed by atoms with E-state index in [9.17, 15) is 9.59 Å². The summed E-state index contributed by atoms with van der Waals surface area (Å²) in [6.45, 7) is 0. The number of anilines is 1. The van der Waals surface area contributed by atoms with Gasteiger partial charge in [-0.05, 0) is 48.2 Å². The van der Waals surface area contributed by atoms with E-state index in [1.54, 1.807) is 24.3 Å².